The van der Waals surface area contributed by atoms with Gasteiger partial charge in [0.1, 0.15) is 5.76 Å². The molecule has 0 fully saturated rings. The van der Waals surface area contributed by atoms with Crippen molar-refractivity contribution in [1.82, 2.24) is 0 Å². The fourth-order valence-corrected chi connectivity index (χ4v) is 1.71. The Hall–Kier alpha value is -0.900. The normalized spacial score (nSPS) is 11.1. The summed E-state index contributed by atoms with van der Waals surface area (Å²) in [6.07, 6.45) is 0. The topological polar surface area (TPSA) is 13.1 Å². The first-order valence-corrected chi connectivity index (χ1v) is 4.42. The van der Waals surface area contributed by atoms with E-state index in [0.29, 0.717) is 15.6 Å². The Morgan fingerprint density at radius 1 is 1.31 bits per heavy atom. The maximum absolute atomic E-state index is 13.1. The molecule has 2 rings (SSSR count). The van der Waals surface area contributed by atoms with Crippen LogP contribution in [0.1, 0.15) is 5.76 Å². The van der Waals surface area contributed by atoms with Crippen LogP contribution >= 0.6 is 15.9 Å². The summed E-state index contributed by atoms with van der Waals surface area (Å²) in [4.78, 5) is 0. The molecule has 1 heterocycles. The summed E-state index contributed by atoms with van der Waals surface area (Å²) in [7, 11) is 0. The summed E-state index contributed by atoms with van der Waals surface area (Å²) in [5.74, 6) is -1.29. The number of hydrogen-bond acceptors (Lipinski definition) is 1. The number of fused-ring (bicyclic) bond motifs is 1. The van der Waals surface area contributed by atoms with Crippen molar-refractivity contribution in [3.63, 3.8) is 0 Å². The van der Waals surface area contributed by atoms with E-state index in [1.807, 2.05) is 0 Å². The lowest BCUT2D eigenvalue weighted by atomic mass is 10.2. The fourth-order valence-electron chi connectivity index (χ4n) is 1.22. The van der Waals surface area contributed by atoms with Gasteiger partial charge in [0, 0.05) is 9.86 Å². The van der Waals surface area contributed by atoms with Gasteiger partial charge in [0.05, 0.1) is 0 Å². The van der Waals surface area contributed by atoms with E-state index in [-0.39, 0.29) is 5.58 Å². The van der Waals surface area contributed by atoms with E-state index in [2.05, 4.69) is 15.9 Å². The van der Waals surface area contributed by atoms with Gasteiger partial charge in [-0.2, -0.15) is 4.39 Å². The molecule has 0 saturated carbocycles. The molecule has 0 aliphatic rings. The van der Waals surface area contributed by atoms with E-state index < -0.39 is 11.6 Å². The highest BCUT2D eigenvalue weighted by Crippen LogP contribution is 2.30. The third-order valence-corrected chi connectivity index (χ3v) is 2.43. The Morgan fingerprint density at radius 3 is 2.69 bits per heavy atom. The maximum atomic E-state index is 13.1. The monoisotopic (exact) mass is 246 g/mol. The van der Waals surface area contributed by atoms with E-state index in [1.165, 1.54) is 0 Å². The van der Waals surface area contributed by atoms with Gasteiger partial charge in [-0.1, -0.05) is 0 Å². The Morgan fingerprint density at radius 2 is 2.00 bits per heavy atom. The predicted octanol–water partition coefficient (Wildman–Crippen LogP) is 3.78. The quantitative estimate of drug-likeness (QED) is 0.645. The second-order valence-electron chi connectivity index (χ2n) is 2.75. The molecule has 1 aromatic carbocycles. The summed E-state index contributed by atoms with van der Waals surface area (Å²) in [5.41, 5.74) is -0.0376. The van der Waals surface area contributed by atoms with Crippen molar-refractivity contribution >= 4 is 26.9 Å². The second-order valence-corrected chi connectivity index (χ2v) is 3.61. The molecule has 4 heteroatoms. The van der Waals surface area contributed by atoms with E-state index in [0.717, 1.165) is 6.07 Å². The zero-order valence-corrected chi connectivity index (χ0v) is 8.28. The summed E-state index contributed by atoms with van der Waals surface area (Å²) in [5, 5.41) is 0.552. The molecule has 0 aliphatic carbocycles. The summed E-state index contributed by atoms with van der Waals surface area (Å²) in [6, 6.07) is 2.74. The van der Waals surface area contributed by atoms with Gasteiger partial charge < -0.3 is 4.42 Å². The van der Waals surface area contributed by atoms with Gasteiger partial charge in [-0.05, 0) is 35.0 Å². The minimum atomic E-state index is -0.939. The molecular formula is C9H5BrF2O. The number of hydrogen-bond donors (Lipinski definition) is 0. The van der Waals surface area contributed by atoms with E-state index in [4.69, 9.17) is 4.42 Å². The van der Waals surface area contributed by atoms with Gasteiger partial charge in [0.2, 0.25) is 5.82 Å². The smallest absolute Gasteiger partial charge is 0.201 e. The largest absolute Gasteiger partial charge is 0.458 e. The molecule has 0 unspecified atom stereocenters. The van der Waals surface area contributed by atoms with Gasteiger partial charge >= 0.3 is 0 Å². The van der Waals surface area contributed by atoms with Gasteiger partial charge in [-0.3, -0.25) is 0 Å². The van der Waals surface area contributed by atoms with Crippen molar-refractivity contribution < 1.29 is 13.2 Å². The van der Waals surface area contributed by atoms with Crippen LogP contribution in [0.3, 0.4) is 0 Å². The average Bonchev–Trinajstić information content (AvgIpc) is 2.44. The highest BCUT2D eigenvalue weighted by atomic mass is 79.9. The third kappa shape index (κ3) is 1.25. The van der Waals surface area contributed by atoms with Crippen LogP contribution in [0.4, 0.5) is 8.78 Å². The van der Waals surface area contributed by atoms with Crippen molar-refractivity contribution in [3.05, 3.63) is 34.0 Å². The van der Waals surface area contributed by atoms with Crippen LogP contribution in [-0.4, -0.2) is 0 Å². The first-order chi connectivity index (χ1) is 6.09. The summed E-state index contributed by atoms with van der Waals surface area (Å²) < 4.78 is 31.5. The van der Waals surface area contributed by atoms with Crippen LogP contribution in [0.15, 0.2) is 21.0 Å². The number of rotatable bonds is 0. The SMILES string of the molecule is Cc1cc2c(Br)cc(F)c(F)c2o1. The van der Waals surface area contributed by atoms with Crippen molar-refractivity contribution in [2.75, 3.05) is 0 Å². The van der Waals surface area contributed by atoms with Crippen LogP contribution in [0, 0.1) is 18.6 Å². The van der Waals surface area contributed by atoms with Crippen LogP contribution in [0.5, 0.6) is 0 Å². The molecule has 68 valence electrons. The molecule has 0 amide bonds. The van der Waals surface area contributed by atoms with E-state index in [1.54, 1.807) is 13.0 Å². The highest BCUT2D eigenvalue weighted by molar-refractivity contribution is 9.10. The highest BCUT2D eigenvalue weighted by Gasteiger charge is 2.14. The minimum Gasteiger partial charge on any atom is -0.458 e. The van der Waals surface area contributed by atoms with Gasteiger partial charge in [-0.25, -0.2) is 4.39 Å². The van der Waals surface area contributed by atoms with E-state index in [9.17, 15) is 8.78 Å². The average molecular weight is 247 g/mol. The molecule has 0 radical (unpaired) electrons. The maximum Gasteiger partial charge on any atom is 0.201 e. The third-order valence-electron chi connectivity index (χ3n) is 1.78. The number of aryl methyl sites for hydroxylation is 1. The summed E-state index contributed by atoms with van der Waals surface area (Å²) >= 11 is 3.13. The molecule has 0 N–H and O–H groups in total. The Balaban J connectivity index is 2.95. The fraction of sp³-hybridized carbons (Fsp3) is 0.111. The van der Waals surface area contributed by atoms with Crippen LogP contribution in [0.2, 0.25) is 0 Å². The second kappa shape index (κ2) is 2.80. The van der Waals surface area contributed by atoms with Crippen molar-refractivity contribution in [1.29, 1.82) is 0 Å². The molecule has 1 nitrogen and oxygen atoms in total. The lowest BCUT2D eigenvalue weighted by Crippen LogP contribution is -1.83. The molecule has 2 aromatic rings. The first-order valence-electron chi connectivity index (χ1n) is 3.63. The van der Waals surface area contributed by atoms with Crippen molar-refractivity contribution in [2.45, 2.75) is 6.92 Å². The molecule has 13 heavy (non-hydrogen) atoms. The first kappa shape index (κ1) is 8.69. The molecule has 0 atom stereocenters. The van der Waals surface area contributed by atoms with Crippen molar-refractivity contribution in [2.24, 2.45) is 0 Å². The standard InChI is InChI=1S/C9H5BrF2O/c1-4-2-5-6(10)3-7(11)8(12)9(5)13-4/h2-3H,1H3. The number of benzene rings is 1. The molecule has 0 bridgehead atoms. The zero-order valence-electron chi connectivity index (χ0n) is 6.70. The molecule has 0 aliphatic heterocycles. The zero-order chi connectivity index (χ0) is 9.59. The van der Waals surface area contributed by atoms with Gasteiger partial charge in [-0.15, -0.1) is 0 Å². The predicted molar refractivity (Wildman–Crippen MR) is 48.6 cm³/mol. The summed E-state index contributed by atoms with van der Waals surface area (Å²) in [6.45, 7) is 1.68. The van der Waals surface area contributed by atoms with E-state index >= 15 is 0 Å². The van der Waals surface area contributed by atoms with Crippen LogP contribution in [-0.2, 0) is 0 Å². The van der Waals surface area contributed by atoms with Gasteiger partial charge in [0.15, 0.2) is 11.4 Å². The molecule has 1 aromatic heterocycles. The number of halogens is 3. The molecule has 0 saturated heterocycles. The minimum absolute atomic E-state index is 0.0376. The Labute approximate surface area is 81.5 Å². The molecule has 0 spiro atoms. The van der Waals surface area contributed by atoms with Crippen LogP contribution in [0.25, 0.3) is 11.0 Å². The Kier molecular flexibility index (Phi) is 1.87. The van der Waals surface area contributed by atoms with Crippen molar-refractivity contribution in [3.8, 4) is 0 Å². The lowest BCUT2D eigenvalue weighted by molar-refractivity contribution is 0.485. The van der Waals surface area contributed by atoms with Crippen LogP contribution < -0.4 is 0 Å². The Bertz CT molecular complexity index is 476. The van der Waals surface area contributed by atoms with Gasteiger partial charge in [0.25, 0.3) is 0 Å². The lowest BCUT2D eigenvalue weighted by Gasteiger charge is -1.95. The number of furan rings is 1. The molecular weight excluding hydrogens is 242 g/mol.